The fourth-order valence-electron chi connectivity index (χ4n) is 7.32. The molecule has 5 aromatic carbocycles. The van der Waals surface area contributed by atoms with Crippen LogP contribution in [0.5, 0.6) is 40.2 Å². The minimum atomic E-state index is -0.490. The van der Waals surface area contributed by atoms with Crippen LogP contribution in [0.2, 0.25) is 0 Å². The molecule has 0 unspecified atom stereocenters. The first-order chi connectivity index (χ1) is 28.4. The second-order valence-corrected chi connectivity index (χ2v) is 13.4. The molecular formula is C47H47NO10. The highest BCUT2D eigenvalue weighted by Gasteiger charge is 2.36. The number of ether oxygens (including phenoxy) is 9. The normalized spacial score (nSPS) is 11.6. The van der Waals surface area contributed by atoms with Crippen LogP contribution in [0.4, 0.5) is 0 Å². The Kier molecular flexibility index (Phi) is 12.4. The van der Waals surface area contributed by atoms with Gasteiger partial charge < -0.3 is 47.2 Å². The molecule has 0 saturated heterocycles. The highest BCUT2D eigenvalue weighted by atomic mass is 16.7. The smallest absolute Gasteiger partial charge is 0.355 e. The maximum atomic E-state index is 14.5. The number of methoxy groups -OCH3 is 5. The summed E-state index contributed by atoms with van der Waals surface area (Å²) in [7, 11) is 7.96. The summed E-state index contributed by atoms with van der Waals surface area (Å²) in [6.07, 6.45) is 0.612. The van der Waals surface area contributed by atoms with Gasteiger partial charge in [0.15, 0.2) is 41.3 Å². The predicted octanol–water partition coefficient (Wildman–Crippen LogP) is 9.40. The number of esters is 1. The van der Waals surface area contributed by atoms with E-state index in [1.165, 1.54) is 0 Å². The number of aryl methyl sites for hydroxylation is 1. The number of fused-ring (bicyclic) bond motifs is 3. The third-order valence-corrected chi connectivity index (χ3v) is 10.00. The Morgan fingerprint density at radius 3 is 1.79 bits per heavy atom. The van der Waals surface area contributed by atoms with Crippen molar-refractivity contribution in [3.63, 3.8) is 0 Å². The molecule has 11 heteroatoms. The first-order valence-electron chi connectivity index (χ1n) is 19.0. The summed E-state index contributed by atoms with van der Waals surface area (Å²) in [5.74, 6) is 3.04. The lowest BCUT2D eigenvalue weighted by Crippen LogP contribution is -2.18. The Morgan fingerprint density at radius 2 is 1.17 bits per heavy atom. The molecule has 0 N–H and O–H groups in total. The Balaban J connectivity index is 1.55. The van der Waals surface area contributed by atoms with Gasteiger partial charge in [-0.25, -0.2) is 4.79 Å². The van der Waals surface area contributed by atoms with Gasteiger partial charge in [0, 0.05) is 42.0 Å². The molecule has 0 spiro atoms. The molecule has 11 nitrogen and oxygen atoms in total. The number of benzene rings is 5. The second kappa shape index (κ2) is 18.1. The van der Waals surface area contributed by atoms with E-state index >= 15 is 0 Å². The molecule has 1 aliphatic heterocycles. The number of carbonyl (C=O) groups is 1. The van der Waals surface area contributed by atoms with Gasteiger partial charge in [-0.1, -0.05) is 66.7 Å². The standard InChI is InChI=1S/C47H47NO10/c1-7-55-47(49)46-44(35-25-40(54-6)42(57-28-31-16-12-9-13-17-31)26-37(35)56-27-30-14-10-8-11-15-30)43(33-18-19-36(51-3)41(23-33)58-29-50-2)45-34-24-39(53-5)38(52-4)22-32(34)20-21-48(45)46/h8-19,22-26H,7,20-21,27-29H2,1-6H3. The number of carbonyl (C=O) groups excluding carboxylic acids is 1. The molecule has 0 fully saturated rings. The van der Waals surface area contributed by atoms with Gasteiger partial charge in [-0.15, -0.1) is 0 Å². The Bertz CT molecular complexity index is 2370. The van der Waals surface area contributed by atoms with Crippen molar-refractivity contribution in [2.75, 3.05) is 48.9 Å². The average molecular weight is 786 g/mol. The zero-order valence-electron chi connectivity index (χ0n) is 33.6. The fraction of sp³-hybridized carbons (Fsp3) is 0.255. The zero-order valence-corrected chi connectivity index (χ0v) is 33.6. The fourth-order valence-corrected chi connectivity index (χ4v) is 7.32. The third-order valence-electron chi connectivity index (χ3n) is 10.00. The first kappa shape index (κ1) is 39.6. The van der Waals surface area contributed by atoms with Gasteiger partial charge in [0.2, 0.25) is 0 Å². The highest BCUT2D eigenvalue weighted by molar-refractivity contribution is 6.08. The molecule has 58 heavy (non-hydrogen) atoms. The zero-order chi connectivity index (χ0) is 40.6. The molecular weight excluding hydrogens is 739 g/mol. The van der Waals surface area contributed by atoms with E-state index in [1.54, 1.807) is 42.5 Å². The maximum Gasteiger partial charge on any atom is 0.355 e. The molecule has 0 atom stereocenters. The minimum absolute atomic E-state index is 0.00639. The van der Waals surface area contributed by atoms with Crippen LogP contribution in [-0.4, -0.2) is 59.5 Å². The number of aromatic nitrogens is 1. The molecule has 300 valence electrons. The van der Waals surface area contributed by atoms with Crippen LogP contribution in [0.1, 0.15) is 34.1 Å². The molecule has 1 aliphatic rings. The largest absolute Gasteiger partial charge is 0.493 e. The minimum Gasteiger partial charge on any atom is -0.493 e. The third kappa shape index (κ3) is 7.99. The van der Waals surface area contributed by atoms with Crippen molar-refractivity contribution in [2.45, 2.75) is 33.1 Å². The Hall–Kier alpha value is -6.59. The van der Waals surface area contributed by atoms with E-state index in [0.29, 0.717) is 76.6 Å². The van der Waals surface area contributed by atoms with Crippen LogP contribution in [-0.2, 0) is 35.7 Å². The van der Waals surface area contributed by atoms with E-state index in [4.69, 9.17) is 42.6 Å². The van der Waals surface area contributed by atoms with Gasteiger partial charge in [0.1, 0.15) is 24.7 Å². The number of hydrogen-bond acceptors (Lipinski definition) is 10. The molecule has 0 saturated carbocycles. The molecule has 0 bridgehead atoms. The lowest BCUT2D eigenvalue weighted by atomic mass is 9.89. The van der Waals surface area contributed by atoms with Crippen LogP contribution in [0.3, 0.4) is 0 Å². The van der Waals surface area contributed by atoms with Crippen molar-refractivity contribution in [1.82, 2.24) is 4.57 Å². The van der Waals surface area contributed by atoms with Crippen molar-refractivity contribution < 1.29 is 47.4 Å². The van der Waals surface area contributed by atoms with Crippen LogP contribution < -0.4 is 33.2 Å². The van der Waals surface area contributed by atoms with Crippen molar-refractivity contribution in [3.05, 3.63) is 126 Å². The molecule has 0 radical (unpaired) electrons. The molecule has 0 aliphatic carbocycles. The molecule has 1 aromatic heterocycles. The van der Waals surface area contributed by atoms with Crippen LogP contribution in [0.25, 0.3) is 33.5 Å². The quantitative estimate of drug-likeness (QED) is 0.0656. The summed E-state index contributed by atoms with van der Waals surface area (Å²) in [5, 5.41) is 0. The van der Waals surface area contributed by atoms with Gasteiger partial charge >= 0.3 is 5.97 Å². The second-order valence-electron chi connectivity index (χ2n) is 13.4. The van der Waals surface area contributed by atoms with Crippen molar-refractivity contribution in [1.29, 1.82) is 0 Å². The Morgan fingerprint density at radius 1 is 0.586 bits per heavy atom. The summed E-state index contributed by atoms with van der Waals surface area (Å²) in [4.78, 5) is 14.5. The number of nitrogens with zero attached hydrogens (tertiary/aromatic N) is 1. The van der Waals surface area contributed by atoms with E-state index in [2.05, 4.69) is 0 Å². The van der Waals surface area contributed by atoms with Gasteiger partial charge in [-0.2, -0.15) is 0 Å². The summed E-state index contributed by atoms with van der Waals surface area (Å²) in [6, 6.07) is 33.1. The van der Waals surface area contributed by atoms with Crippen LogP contribution in [0.15, 0.2) is 103 Å². The van der Waals surface area contributed by atoms with E-state index < -0.39 is 5.97 Å². The monoisotopic (exact) mass is 785 g/mol. The number of hydrogen-bond donors (Lipinski definition) is 0. The van der Waals surface area contributed by atoms with Gasteiger partial charge in [-0.05, 0) is 65.9 Å². The first-order valence-corrected chi connectivity index (χ1v) is 19.0. The molecule has 2 heterocycles. The lowest BCUT2D eigenvalue weighted by Gasteiger charge is -2.24. The summed E-state index contributed by atoms with van der Waals surface area (Å²) < 4.78 is 55.7. The number of rotatable bonds is 17. The van der Waals surface area contributed by atoms with Crippen LogP contribution in [0, 0.1) is 0 Å². The maximum absolute atomic E-state index is 14.5. The van der Waals surface area contributed by atoms with Crippen molar-refractivity contribution >= 4 is 5.97 Å². The van der Waals surface area contributed by atoms with E-state index in [0.717, 1.165) is 39.1 Å². The van der Waals surface area contributed by atoms with Crippen molar-refractivity contribution in [3.8, 4) is 73.8 Å². The predicted molar refractivity (Wildman–Crippen MR) is 221 cm³/mol. The summed E-state index contributed by atoms with van der Waals surface area (Å²) in [5.41, 5.74) is 7.61. The van der Waals surface area contributed by atoms with E-state index in [1.807, 2.05) is 108 Å². The van der Waals surface area contributed by atoms with E-state index in [-0.39, 0.29) is 20.0 Å². The topological polar surface area (TPSA) is 105 Å². The van der Waals surface area contributed by atoms with Gasteiger partial charge in [-0.3, -0.25) is 0 Å². The molecule has 6 aromatic rings. The molecule has 7 rings (SSSR count). The van der Waals surface area contributed by atoms with Gasteiger partial charge in [0.05, 0.1) is 40.7 Å². The summed E-state index contributed by atoms with van der Waals surface area (Å²) >= 11 is 0. The van der Waals surface area contributed by atoms with Gasteiger partial charge in [0.25, 0.3) is 0 Å². The summed E-state index contributed by atoms with van der Waals surface area (Å²) in [6.45, 7) is 2.97. The SMILES string of the molecule is CCOC(=O)c1c(-c2cc(OC)c(OCc3ccccc3)cc2OCc2ccccc2)c(-c2ccc(OC)c(OCOC)c2)c2n1CCc1cc(OC)c(OC)cc1-2. The van der Waals surface area contributed by atoms with E-state index in [9.17, 15) is 4.79 Å². The lowest BCUT2D eigenvalue weighted by molar-refractivity contribution is 0.0491. The average Bonchev–Trinajstić information content (AvgIpc) is 3.62. The highest BCUT2D eigenvalue weighted by Crippen LogP contribution is 2.53. The molecule has 0 amide bonds. The van der Waals surface area contributed by atoms with Crippen molar-refractivity contribution in [2.24, 2.45) is 0 Å². The Labute approximate surface area is 338 Å². The van der Waals surface area contributed by atoms with Crippen LogP contribution >= 0.6 is 0 Å².